The average molecular weight is 427 g/mol. The molecule has 0 radical (unpaired) electrons. The minimum absolute atomic E-state index is 0.0821. The Morgan fingerprint density at radius 1 is 1.07 bits per heavy atom. The van der Waals surface area contributed by atoms with Gasteiger partial charge in [-0.3, -0.25) is 4.79 Å². The smallest absolute Gasteiger partial charge is 0.237 e. The van der Waals surface area contributed by atoms with Gasteiger partial charge >= 0.3 is 0 Å². The summed E-state index contributed by atoms with van der Waals surface area (Å²) in [6.45, 7) is 5.73. The topological polar surface area (TPSA) is 78.3 Å². The molecule has 3 rings (SSSR count). The summed E-state index contributed by atoms with van der Waals surface area (Å²) in [6.07, 6.45) is -0.304. The Hall–Kier alpha value is -3.00. The van der Waals surface area contributed by atoms with E-state index in [0.717, 1.165) is 17.0 Å². The number of para-hydroxylation sites is 1. The van der Waals surface area contributed by atoms with E-state index >= 15 is 0 Å². The van der Waals surface area contributed by atoms with E-state index < -0.39 is 0 Å². The predicted octanol–water partition coefficient (Wildman–Crippen LogP) is 4.39. The molecule has 0 aliphatic rings. The van der Waals surface area contributed by atoms with E-state index in [-0.39, 0.29) is 17.3 Å². The van der Waals surface area contributed by atoms with Gasteiger partial charge in [0.05, 0.1) is 12.4 Å². The highest BCUT2D eigenvalue weighted by Gasteiger charge is 2.22. The summed E-state index contributed by atoms with van der Waals surface area (Å²) >= 11 is 1.36. The first-order chi connectivity index (χ1) is 14.4. The Bertz CT molecular complexity index is 1000. The predicted molar refractivity (Wildman–Crippen MR) is 118 cm³/mol. The molecule has 1 aromatic heterocycles. The Morgan fingerprint density at radius 2 is 1.73 bits per heavy atom. The van der Waals surface area contributed by atoms with Crippen molar-refractivity contribution in [1.29, 1.82) is 0 Å². The lowest BCUT2D eigenvalue weighted by Gasteiger charge is -2.15. The molecular formula is C22H26N4O3S. The second-order valence-electron chi connectivity index (χ2n) is 6.90. The van der Waals surface area contributed by atoms with E-state index in [1.807, 2.05) is 80.9 Å². The van der Waals surface area contributed by atoms with Crippen LogP contribution in [0, 0.1) is 6.92 Å². The number of nitrogens with one attached hydrogen (secondary N) is 1. The lowest BCUT2D eigenvalue weighted by atomic mass is 10.2. The lowest BCUT2D eigenvalue weighted by Crippen LogP contribution is -2.23. The molecule has 30 heavy (non-hydrogen) atoms. The maximum absolute atomic E-state index is 12.6. The van der Waals surface area contributed by atoms with Gasteiger partial charge in [-0.05, 0) is 56.7 Å². The van der Waals surface area contributed by atoms with Crippen molar-refractivity contribution < 1.29 is 14.3 Å². The zero-order chi connectivity index (χ0) is 21.7. The van der Waals surface area contributed by atoms with Gasteiger partial charge in [-0.1, -0.05) is 30.0 Å². The first-order valence-electron chi connectivity index (χ1n) is 9.62. The SMILES string of the molecule is COc1ccc(OC(C)c2nnc(SC(C)C(=O)Nc3ccccc3C)n2C)cc1. The molecule has 2 unspecified atom stereocenters. The largest absolute Gasteiger partial charge is 0.497 e. The van der Waals surface area contributed by atoms with Crippen LogP contribution in [0.25, 0.3) is 0 Å². The molecule has 0 aliphatic carbocycles. The van der Waals surface area contributed by atoms with Crippen LogP contribution >= 0.6 is 11.8 Å². The van der Waals surface area contributed by atoms with Crippen molar-refractivity contribution >= 4 is 23.4 Å². The number of amides is 1. The minimum atomic E-state index is -0.335. The van der Waals surface area contributed by atoms with Crippen molar-refractivity contribution in [1.82, 2.24) is 14.8 Å². The maximum Gasteiger partial charge on any atom is 0.237 e. The number of nitrogens with zero attached hydrogens (tertiary/aromatic N) is 3. The molecule has 0 saturated carbocycles. The first kappa shape index (κ1) is 21.7. The summed E-state index contributed by atoms with van der Waals surface area (Å²) in [5.41, 5.74) is 1.84. The van der Waals surface area contributed by atoms with Crippen molar-refractivity contribution in [3.8, 4) is 11.5 Å². The van der Waals surface area contributed by atoms with Crippen LogP contribution in [0.2, 0.25) is 0 Å². The van der Waals surface area contributed by atoms with Gasteiger partial charge < -0.3 is 19.4 Å². The molecule has 0 saturated heterocycles. The van der Waals surface area contributed by atoms with Crippen LogP contribution in [-0.2, 0) is 11.8 Å². The van der Waals surface area contributed by atoms with Gasteiger partial charge in [-0.2, -0.15) is 0 Å². The molecule has 0 spiro atoms. The first-order valence-corrected chi connectivity index (χ1v) is 10.5. The highest BCUT2D eigenvalue weighted by molar-refractivity contribution is 8.00. The Labute approximate surface area is 180 Å². The molecule has 2 atom stereocenters. The number of hydrogen-bond acceptors (Lipinski definition) is 6. The number of hydrogen-bond donors (Lipinski definition) is 1. The zero-order valence-electron chi connectivity index (χ0n) is 17.7. The molecule has 1 N–H and O–H groups in total. The molecule has 8 heteroatoms. The molecule has 0 fully saturated rings. The van der Waals surface area contributed by atoms with E-state index in [9.17, 15) is 4.79 Å². The van der Waals surface area contributed by atoms with Gasteiger partial charge in [0.2, 0.25) is 5.91 Å². The molecule has 1 amide bonds. The Morgan fingerprint density at radius 3 is 2.40 bits per heavy atom. The number of carbonyl (C=O) groups is 1. The summed E-state index contributed by atoms with van der Waals surface area (Å²) in [6, 6.07) is 15.1. The van der Waals surface area contributed by atoms with Crippen LogP contribution in [0.1, 0.15) is 31.3 Å². The Kier molecular flexibility index (Phi) is 6.99. The number of carbonyl (C=O) groups excluding carboxylic acids is 1. The molecule has 7 nitrogen and oxygen atoms in total. The molecule has 3 aromatic rings. The number of aryl methyl sites for hydroxylation is 1. The molecule has 1 heterocycles. The summed E-state index contributed by atoms with van der Waals surface area (Å²) in [5, 5.41) is 11.8. The van der Waals surface area contributed by atoms with Gasteiger partial charge in [-0.25, -0.2) is 0 Å². The van der Waals surface area contributed by atoms with Crippen LogP contribution in [0.3, 0.4) is 0 Å². The molecule has 0 aliphatic heterocycles. The average Bonchev–Trinajstić information content (AvgIpc) is 3.10. The molecule has 0 bridgehead atoms. The minimum Gasteiger partial charge on any atom is -0.497 e. The quantitative estimate of drug-likeness (QED) is 0.538. The number of anilines is 1. The van der Waals surface area contributed by atoms with E-state index in [4.69, 9.17) is 9.47 Å². The third-order valence-corrected chi connectivity index (χ3v) is 5.79. The zero-order valence-corrected chi connectivity index (χ0v) is 18.6. The van der Waals surface area contributed by atoms with Gasteiger partial charge in [0.25, 0.3) is 0 Å². The van der Waals surface area contributed by atoms with E-state index in [0.29, 0.717) is 16.7 Å². The maximum atomic E-state index is 12.6. The van der Waals surface area contributed by atoms with Gasteiger partial charge in [0.15, 0.2) is 17.1 Å². The molecule has 2 aromatic carbocycles. The third kappa shape index (κ3) is 5.13. The van der Waals surface area contributed by atoms with Crippen molar-refractivity contribution in [2.45, 2.75) is 37.3 Å². The molecule has 158 valence electrons. The number of thioether (sulfide) groups is 1. The fourth-order valence-corrected chi connectivity index (χ4v) is 3.67. The van der Waals surface area contributed by atoms with Crippen molar-refractivity contribution in [3.05, 3.63) is 59.9 Å². The van der Waals surface area contributed by atoms with Gasteiger partial charge in [-0.15, -0.1) is 10.2 Å². The number of aromatic nitrogens is 3. The van der Waals surface area contributed by atoms with Crippen LogP contribution in [0.4, 0.5) is 5.69 Å². The fourth-order valence-electron chi connectivity index (χ4n) is 2.85. The summed E-state index contributed by atoms with van der Waals surface area (Å²) in [5.74, 6) is 2.08. The highest BCUT2D eigenvalue weighted by Crippen LogP contribution is 2.27. The highest BCUT2D eigenvalue weighted by atomic mass is 32.2. The number of rotatable bonds is 8. The normalized spacial score (nSPS) is 12.8. The summed E-state index contributed by atoms with van der Waals surface area (Å²) in [7, 11) is 3.50. The Balaban J connectivity index is 1.63. The molecular weight excluding hydrogens is 400 g/mol. The van der Waals surface area contributed by atoms with Gasteiger partial charge in [0, 0.05) is 12.7 Å². The monoisotopic (exact) mass is 426 g/mol. The number of benzene rings is 2. The van der Waals surface area contributed by atoms with E-state index in [1.165, 1.54) is 11.8 Å². The number of ether oxygens (including phenoxy) is 2. The van der Waals surface area contributed by atoms with Crippen LogP contribution in [0.5, 0.6) is 11.5 Å². The van der Waals surface area contributed by atoms with Gasteiger partial charge in [0.1, 0.15) is 11.5 Å². The second-order valence-corrected chi connectivity index (χ2v) is 8.21. The van der Waals surface area contributed by atoms with Crippen LogP contribution < -0.4 is 14.8 Å². The summed E-state index contributed by atoms with van der Waals surface area (Å²) in [4.78, 5) is 12.6. The number of methoxy groups -OCH3 is 1. The van der Waals surface area contributed by atoms with Crippen LogP contribution in [-0.4, -0.2) is 33.0 Å². The van der Waals surface area contributed by atoms with Crippen molar-refractivity contribution in [2.75, 3.05) is 12.4 Å². The van der Waals surface area contributed by atoms with Crippen molar-refractivity contribution in [3.63, 3.8) is 0 Å². The third-order valence-electron chi connectivity index (χ3n) is 4.66. The second kappa shape index (κ2) is 9.67. The van der Waals surface area contributed by atoms with E-state index in [2.05, 4.69) is 15.5 Å². The van der Waals surface area contributed by atoms with Crippen LogP contribution in [0.15, 0.2) is 53.7 Å². The van der Waals surface area contributed by atoms with E-state index in [1.54, 1.807) is 7.11 Å². The lowest BCUT2D eigenvalue weighted by molar-refractivity contribution is -0.115. The standard InChI is InChI=1S/C22H26N4O3S/c1-14-8-6-7-9-19(14)23-21(27)16(3)30-22-25-24-20(26(22)4)15(2)29-18-12-10-17(28-5)11-13-18/h6-13,15-16H,1-5H3,(H,23,27). The summed E-state index contributed by atoms with van der Waals surface area (Å²) < 4.78 is 13.0. The fraction of sp³-hybridized carbons (Fsp3) is 0.318. The van der Waals surface area contributed by atoms with Crippen molar-refractivity contribution in [2.24, 2.45) is 7.05 Å².